The number of carbonyl (C=O) groups is 2. The zero-order valence-electron chi connectivity index (χ0n) is 13.0. The van der Waals surface area contributed by atoms with Gasteiger partial charge in [0.05, 0.1) is 11.3 Å². The molecule has 0 saturated carbocycles. The van der Waals surface area contributed by atoms with E-state index in [1.165, 1.54) is 18.2 Å². The lowest BCUT2D eigenvalue weighted by molar-refractivity contribution is -0.137. The first-order chi connectivity index (χ1) is 11.8. The minimum atomic E-state index is -4.56. The molecule has 1 N–H and O–H groups in total. The number of carbonyl (C=O) groups excluding carboxylic acids is 2. The Morgan fingerprint density at radius 2 is 1.68 bits per heavy atom. The van der Waals surface area contributed by atoms with Crippen LogP contribution >= 0.6 is 11.8 Å². The van der Waals surface area contributed by atoms with E-state index in [1.807, 2.05) is 6.92 Å². The molecule has 25 heavy (non-hydrogen) atoms. The molecule has 4 nitrogen and oxygen atoms in total. The molecule has 0 bridgehead atoms. The van der Waals surface area contributed by atoms with Crippen molar-refractivity contribution in [2.75, 3.05) is 10.2 Å². The molecule has 2 aromatic rings. The second kappa shape index (κ2) is 6.44. The van der Waals surface area contributed by atoms with E-state index in [1.54, 1.807) is 24.3 Å². The Hall–Kier alpha value is -2.48. The molecule has 1 atom stereocenters. The van der Waals surface area contributed by atoms with Crippen LogP contribution in [0.2, 0.25) is 0 Å². The van der Waals surface area contributed by atoms with Crippen molar-refractivity contribution in [2.24, 2.45) is 0 Å². The summed E-state index contributed by atoms with van der Waals surface area (Å²) in [5.74, 6) is -0.601. The Balaban J connectivity index is 1.85. The van der Waals surface area contributed by atoms with Crippen LogP contribution in [0.15, 0.2) is 48.5 Å². The summed E-state index contributed by atoms with van der Waals surface area (Å²) in [6.45, 7) is 1.87. The van der Waals surface area contributed by atoms with Crippen molar-refractivity contribution >= 4 is 34.3 Å². The maximum atomic E-state index is 13.1. The number of aryl methyl sites for hydroxylation is 1. The molecule has 130 valence electrons. The SMILES string of the molecule is Cc1ccc(N2C(=O)SC(Nc3ccccc3C(F)(F)F)C2=O)cc1. The standard InChI is InChI=1S/C17H13F3N2O2S/c1-10-6-8-11(9-7-10)22-15(23)14(25-16(22)24)21-13-5-3-2-4-12(13)17(18,19)20/h2-9,14,21H,1H3. The van der Waals surface area contributed by atoms with E-state index in [4.69, 9.17) is 0 Å². The molecule has 3 rings (SSSR count). The number of nitrogens with one attached hydrogen (secondary N) is 1. The highest BCUT2D eigenvalue weighted by Crippen LogP contribution is 2.38. The Labute approximate surface area is 146 Å². The Bertz CT molecular complexity index is 821. The summed E-state index contributed by atoms with van der Waals surface area (Å²) in [4.78, 5) is 25.6. The molecule has 2 aromatic carbocycles. The summed E-state index contributed by atoms with van der Waals surface area (Å²) < 4.78 is 39.2. The van der Waals surface area contributed by atoms with Gasteiger partial charge in [0.2, 0.25) is 0 Å². The first-order valence-electron chi connectivity index (χ1n) is 7.31. The van der Waals surface area contributed by atoms with Crippen LogP contribution in [0.5, 0.6) is 0 Å². The largest absolute Gasteiger partial charge is 0.418 e. The van der Waals surface area contributed by atoms with Crippen LogP contribution in [0.4, 0.5) is 29.3 Å². The molecular weight excluding hydrogens is 353 g/mol. The normalized spacial score (nSPS) is 17.9. The monoisotopic (exact) mass is 366 g/mol. The third kappa shape index (κ3) is 3.48. The second-order valence-electron chi connectivity index (χ2n) is 5.46. The molecule has 1 aliphatic heterocycles. The lowest BCUT2D eigenvalue weighted by Gasteiger charge is -2.18. The van der Waals surface area contributed by atoms with Gasteiger partial charge in [0.1, 0.15) is 0 Å². The quantitative estimate of drug-likeness (QED) is 0.859. The van der Waals surface area contributed by atoms with E-state index >= 15 is 0 Å². The van der Waals surface area contributed by atoms with Crippen LogP contribution in [0, 0.1) is 6.92 Å². The minimum absolute atomic E-state index is 0.237. The molecule has 0 radical (unpaired) electrons. The smallest absolute Gasteiger partial charge is 0.365 e. The molecule has 1 aliphatic rings. The highest BCUT2D eigenvalue weighted by molar-refractivity contribution is 8.16. The number of imide groups is 1. The molecule has 1 fully saturated rings. The van der Waals surface area contributed by atoms with Gasteiger partial charge in [0.15, 0.2) is 5.37 Å². The summed E-state index contributed by atoms with van der Waals surface area (Å²) >= 11 is 0.654. The molecule has 1 unspecified atom stereocenters. The topological polar surface area (TPSA) is 49.4 Å². The number of amides is 2. The Kier molecular flexibility index (Phi) is 4.47. The van der Waals surface area contributed by atoms with E-state index < -0.39 is 28.3 Å². The van der Waals surface area contributed by atoms with Crippen molar-refractivity contribution in [2.45, 2.75) is 18.5 Å². The average molecular weight is 366 g/mol. The average Bonchev–Trinajstić information content (AvgIpc) is 2.82. The van der Waals surface area contributed by atoms with Crippen molar-refractivity contribution in [3.8, 4) is 0 Å². The molecule has 1 saturated heterocycles. The van der Waals surface area contributed by atoms with Crippen LogP contribution in [0.3, 0.4) is 0 Å². The molecule has 0 spiro atoms. The summed E-state index contributed by atoms with van der Waals surface area (Å²) in [6, 6.07) is 11.6. The van der Waals surface area contributed by atoms with Gasteiger partial charge in [-0.2, -0.15) is 13.2 Å². The second-order valence-corrected chi connectivity index (χ2v) is 6.52. The number of hydrogen-bond donors (Lipinski definition) is 1. The summed E-state index contributed by atoms with van der Waals surface area (Å²) in [5.41, 5.74) is 0.231. The third-order valence-electron chi connectivity index (χ3n) is 3.66. The van der Waals surface area contributed by atoms with Gasteiger partial charge in [-0.05, 0) is 43.0 Å². The van der Waals surface area contributed by atoms with E-state index in [0.29, 0.717) is 17.4 Å². The number of rotatable bonds is 3. The fourth-order valence-corrected chi connectivity index (χ4v) is 3.32. The van der Waals surface area contributed by atoms with Gasteiger partial charge in [0, 0.05) is 5.69 Å². The highest BCUT2D eigenvalue weighted by atomic mass is 32.2. The zero-order chi connectivity index (χ0) is 18.2. The number of nitrogens with zero attached hydrogens (tertiary/aromatic N) is 1. The van der Waals surface area contributed by atoms with Gasteiger partial charge in [-0.15, -0.1) is 0 Å². The van der Waals surface area contributed by atoms with Crippen molar-refractivity contribution < 1.29 is 22.8 Å². The molecule has 2 amide bonds. The molecular formula is C17H13F3N2O2S. The lowest BCUT2D eigenvalue weighted by Crippen LogP contribution is -2.34. The van der Waals surface area contributed by atoms with Crippen LogP contribution in [-0.4, -0.2) is 16.5 Å². The predicted molar refractivity (Wildman–Crippen MR) is 90.5 cm³/mol. The first-order valence-corrected chi connectivity index (χ1v) is 8.19. The van der Waals surface area contributed by atoms with Gasteiger partial charge in [0.25, 0.3) is 11.1 Å². The van der Waals surface area contributed by atoms with Gasteiger partial charge in [-0.3, -0.25) is 9.59 Å². The maximum Gasteiger partial charge on any atom is 0.418 e. The van der Waals surface area contributed by atoms with Crippen molar-refractivity contribution in [3.63, 3.8) is 0 Å². The van der Waals surface area contributed by atoms with Crippen molar-refractivity contribution in [1.82, 2.24) is 0 Å². The number of halogens is 3. The van der Waals surface area contributed by atoms with Gasteiger partial charge in [-0.25, -0.2) is 4.90 Å². The van der Waals surface area contributed by atoms with Gasteiger partial charge < -0.3 is 5.32 Å². The number of para-hydroxylation sites is 1. The number of anilines is 2. The molecule has 1 heterocycles. The van der Waals surface area contributed by atoms with E-state index in [2.05, 4.69) is 5.32 Å². The number of thioether (sulfide) groups is 1. The summed E-state index contributed by atoms with van der Waals surface area (Å²) in [7, 11) is 0. The molecule has 0 aliphatic carbocycles. The number of benzene rings is 2. The van der Waals surface area contributed by atoms with Crippen LogP contribution in [0.25, 0.3) is 0 Å². The van der Waals surface area contributed by atoms with E-state index in [0.717, 1.165) is 16.5 Å². The van der Waals surface area contributed by atoms with Crippen molar-refractivity contribution in [1.29, 1.82) is 0 Å². The molecule has 8 heteroatoms. The van der Waals surface area contributed by atoms with Crippen molar-refractivity contribution in [3.05, 3.63) is 59.7 Å². The lowest BCUT2D eigenvalue weighted by atomic mass is 10.1. The number of hydrogen-bond acceptors (Lipinski definition) is 4. The van der Waals surface area contributed by atoms with E-state index in [-0.39, 0.29) is 5.69 Å². The highest BCUT2D eigenvalue weighted by Gasteiger charge is 2.42. The fourth-order valence-electron chi connectivity index (χ4n) is 2.43. The van der Waals surface area contributed by atoms with E-state index in [9.17, 15) is 22.8 Å². The summed E-state index contributed by atoms with van der Waals surface area (Å²) in [6.07, 6.45) is -4.56. The third-order valence-corrected chi connectivity index (χ3v) is 4.60. The maximum absolute atomic E-state index is 13.1. The van der Waals surface area contributed by atoms with Crippen LogP contribution in [-0.2, 0) is 11.0 Å². The van der Waals surface area contributed by atoms with Crippen LogP contribution < -0.4 is 10.2 Å². The zero-order valence-corrected chi connectivity index (χ0v) is 13.8. The van der Waals surface area contributed by atoms with Crippen LogP contribution in [0.1, 0.15) is 11.1 Å². The fraction of sp³-hybridized carbons (Fsp3) is 0.176. The van der Waals surface area contributed by atoms with Gasteiger partial charge >= 0.3 is 6.18 Å². The predicted octanol–water partition coefficient (Wildman–Crippen LogP) is 4.65. The van der Waals surface area contributed by atoms with Gasteiger partial charge in [-0.1, -0.05) is 29.8 Å². The number of alkyl halides is 3. The first kappa shape index (κ1) is 17.3. The summed E-state index contributed by atoms with van der Waals surface area (Å²) in [5, 5.41) is 0.893. The molecule has 0 aromatic heterocycles. The minimum Gasteiger partial charge on any atom is -0.365 e. The Morgan fingerprint density at radius 3 is 2.32 bits per heavy atom. The Morgan fingerprint density at radius 1 is 1.04 bits per heavy atom.